The van der Waals surface area contributed by atoms with Crippen molar-refractivity contribution in [1.82, 2.24) is 0 Å². The van der Waals surface area contributed by atoms with E-state index >= 15 is 0 Å². The maximum Gasteiger partial charge on any atom is 0.331 e. The summed E-state index contributed by atoms with van der Waals surface area (Å²) in [7, 11) is 0. The van der Waals surface area contributed by atoms with E-state index in [2.05, 4.69) is 6.58 Å². The number of hydrogen-bond donors (Lipinski definition) is 0. The number of allylic oxidation sites excluding steroid dienone is 2. The Morgan fingerprint density at radius 3 is 2.82 bits per heavy atom. The molecule has 0 heterocycles. The standard InChI is InChI=1S/C9H12O2/c1-3-11-9(10)6-8-5-4-7(8)2/h6H,2-5H2,1H3/b8-6-. The lowest BCUT2D eigenvalue weighted by molar-refractivity contribution is -0.137. The summed E-state index contributed by atoms with van der Waals surface area (Å²) in [6.45, 7) is 6.02. The fraction of sp³-hybridized carbons (Fsp3) is 0.444. The van der Waals surface area contributed by atoms with E-state index in [1.807, 2.05) is 0 Å². The first kappa shape index (κ1) is 8.05. The van der Waals surface area contributed by atoms with Crippen LogP contribution in [0.15, 0.2) is 23.8 Å². The van der Waals surface area contributed by atoms with Crippen LogP contribution in [0.25, 0.3) is 0 Å². The molecule has 0 aliphatic heterocycles. The molecule has 1 aliphatic rings. The van der Waals surface area contributed by atoms with Gasteiger partial charge in [-0.15, -0.1) is 0 Å². The molecule has 0 N–H and O–H groups in total. The van der Waals surface area contributed by atoms with E-state index in [1.165, 1.54) is 6.08 Å². The fourth-order valence-electron chi connectivity index (χ4n) is 0.947. The zero-order valence-corrected chi connectivity index (χ0v) is 6.72. The Hall–Kier alpha value is -1.05. The van der Waals surface area contributed by atoms with Gasteiger partial charge in [0, 0.05) is 6.08 Å². The summed E-state index contributed by atoms with van der Waals surface area (Å²) in [6.07, 6.45) is 3.53. The highest BCUT2D eigenvalue weighted by Crippen LogP contribution is 2.30. The normalized spacial score (nSPS) is 19.7. The molecule has 0 radical (unpaired) electrons. The van der Waals surface area contributed by atoms with E-state index < -0.39 is 0 Å². The minimum Gasteiger partial charge on any atom is -0.463 e. The van der Waals surface area contributed by atoms with Gasteiger partial charge in [0.15, 0.2) is 0 Å². The molecule has 0 amide bonds. The number of hydrogen-bond acceptors (Lipinski definition) is 2. The highest BCUT2D eigenvalue weighted by atomic mass is 16.5. The lowest BCUT2D eigenvalue weighted by Gasteiger charge is -2.19. The van der Waals surface area contributed by atoms with Gasteiger partial charge in [-0.05, 0) is 25.3 Å². The highest BCUT2D eigenvalue weighted by Gasteiger charge is 2.14. The highest BCUT2D eigenvalue weighted by molar-refractivity contribution is 5.84. The van der Waals surface area contributed by atoms with Crippen LogP contribution >= 0.6 is 0 Å². The number of rotatable bonds is 2. The van der Waals surface area contributed by atoms with Crippen molar-refractivity contribution in [3.05, 3.63) is 23.8 Å². The topological polar surface area (TPSA) is 26.3 Å². The summed E-state index contributed by atoms with van der Waals surface area (Å²) in [4.78, 5) is 10.9. The van der Waals surface area contributed by atoms with Crippen molar-refractivity contribution >= 4 is 5.97 Å². The van der Waals surface area contributed by atoms with Crippen LogP contribution < -0.4 is 0 Å². The van der Waals surface area contributed by atoms with Gasteiger partial charge in [0.05, 0.1) is 6.61 Å². The second-order valence-electron chi connectivity index (χ2n) is 2.53. The van der Waals surface area contributed by atoms with Crippen molar-refractivity contribution in [1.29, 1.82) is 0 Å². The Kier molecular flexibility index (Phi) is 2.47. The van der Waals surface area contributed by atoms with Crippen LogP contribution in [0.5, 0.6) is 0 Å². The zero-order valence-electron chi connectivity index (χ0n) is 6.72. The molecule has 0 aromatic rings. The average molecular weight is 152 g/mol. The Bertz CT molecular complexity index is 214. The molecular formula is C9H12O2. The second kappa shape index (κ2) is 3.37. The van der Waals surface area contributed by atoms with Gasteiger partial charge in [0.1, 0.15) is 0 Å². The molecule has 1 aliphatic carbocycles. The predicted octanol–water partition coefficient (Wildman–Crippen LogP) is 1.83. The number of ether oxygens (including phenoxy) is 1. The SMILES string of the molecule is C=C1CC/C1=C/C(=O)OCC. The van der Waals surface area contributed by atoms with Crippen molar-refractivity contribution < 1.29 is 9.53 Å². The predicted molar refractivity (Wildman–Crippen MR) is 43.1 cm³/mol. The largest absolute Gasteiger partial charge is 0.463 e. The molecule has 0 saturated heterocycles. The summed E-state index contributed by atoms with van der Waals surface area (Å²) < 4.78 is 4.74. The van der Waals surface area contributed by atoms with E-state index in [9.17, 15) is 4.79 Å². The van der Waals surface area contributed by atoms with Gasteiger partial charge in [-0.3, -0.25) is 0 Å². The first-order valence-corrected chi connectivity index (χ1v) is 3.79. The van der Waals surface area contributed by atoms with Gasteiger partial charge in [-0.1, -0.05) is 12.2 Å². The van der Waals surface area contributed by atoms with Crippen LogP contribution in [0.1, 0.15) is 19.8 Å². The zero-order chi connectivity index (χ0) is 8.27. The second-order valence-corrected chi connectivity index (χ2v) is 2.53. The molecule has 11 heavy (non-hydrogen) atoms. The third-order valence-electron chi connectivity index (χ3n) is 1.73. The summed E-state index contributed by atoms with van der Waals surface area (Å²) in [6, 6.07) is 0. The minimum atomic E-state index is -0.247. The Morgan fingerprint density at radius 2 is 2.45 bits per heavy atom. The van der Waals surface area contributed by atoms with Gasteiger partial charge in [-0.25, -0.2) is 4.79 Å². The molecular weight excluding hydrogens is 140 g/mol. The molecule has 1 saturated carbocycles. The molecule has 2 heteroatoms. The molecule has 0 aromatic heterocycles. The van der Waals surface area contributed by atoms with E-state index in [4.69, 9.17) is 4.74 Å². The van der Waals surface area contributed by atoms with Crippen LogP contribution in [0.3, 0.4) is 0 Å². The molecule has 2 nitrogen and oxygen atoms in total. The number of carbonyl (C=O) groups is 1. The van der Waals surface area contributed by atoms with Gasteiger partial charge < -0.3 is 4.74 Å². The van der Waals surface area contributed by atoms with E-state index in [0.29, 0.717) is 6.61 Å². The molecule has 60 valence electrons. The molecule has 0 aromatic carbocycles. The summed E-state index contributed by atoms with van der Waals surface area (Å²) >= 11 is 0. The van der Waals surface area contributed by atoms with E-state index in [-0.39, 0.29) is 5.97 Å². The number of esters is 1. The summed E-state index contributed by atoms with van der Waals surface area (Å²) in [5.41, 5.74) is 2.11. The average Bonchev–Trinajstić information content (AvgIpc) is 1.98. The van der Waals surface area contributed by atoms with Gasteiger partial charge in [0.2, 0.25) is 0 Å². The van der Waals surface area contributed by atoms with E-state index in [1.54, 1.807) is 6.92 Å². The van der Waals surface area contributed by atoms with E-state index in [0.717, 1.165) is 24.0 Å². The smallest absolute Gasteiger partial charge is 0.331 e. The van der Waals surface area contributed by atoms with Gasteiger partial charge >= 0.3 is 5.97 Å². The van der Waals surface area contributed by atoms with Crippen LogP contribution in [0.2, 0.25) is 0 Å². The quantitative estimate of drug-likeness (QED) is 0.445. The fourth-order valence-corrected chi connectivity index (χ4v) is 0.947. The molecule has 1 rings (SSSR count). The first-order valence-electron chi connectivity index (χ1n) is 3.79. The maximum atomic E-state index is 10.9. The van der Waals surface area contributed by atoms with Gasteiger partial charge in [0.25, 0.3) is 0 Å². The third-order valence-corrected chi connectivity index (χ3v) is 1.73. The van der Waals surface area contributed by atoms with Crippen molar-refractivity contribution in [2.45, 2.75) is 19.8 Å². The third kappa shape index (κ3) is 1.93. The molecule has 0 bridgehead atoms. The van der Waals surface area contributed by atoms with Crippen LogP contribution in [0, 0.1) is 0 Å². The van der Waals surface area contributed by atoms with Crippen LogP contribution in [-0.4, -0.2) is 12.6 Å². The summed E-state index contributed by atoms with van der Waals surface area (Å²) in [5, 5.41) is 0. The molecule has 1 fully saturated rings. The van der Waals surface area contributed by atoms with Crippen molar-refractivity contribution in [3.63, 3.8) is 0 Å². The number of carbonyl (C=O) groups excluding carboxylic acids is 1. The monoisotopic (exact) mass is 152 g/mol. The molecule has 0 unspecified atom stereocenters. The Labute approximate surface area is 66.5 Å². The van der Waals surface area contributed by atoms with Crippen molar-refractivity contribution in [2.24, 2.45) is 0 Å². The Balaban J connectivity index is 2.44. The van der Waals surface area contributed by atoms with Crippen LogP contribution in [0.4, 0.5) is 0 Å². The summed E-state index contributed by atoms with van der Waals surface area (Å²) in [5.74, 6) is -0.247. The lowest BCUT2D eigenvalue weighted by Crippen LogP contribution is -2.07. The lowest BCUT2D eigenvalue weighted by atomic mass is 9.87. The van der Waals surface area contributed by atoms with Crippen molar-refractivity contribution in [3.8, 4) is 0 Å². The van der Waals surface area contributed by atoms with Crippen molar-refractivity contribution in [2.75, 3.05) is 6.61 Å². The molecule has 0 spiro atoms. The first-order chi connectivity index (χ1) is 5.24. The molecule has 0 atom stereocenters. The Morgan fingerprint density at radius 1 is 1.73 bits per heavy atom. The van der Waals surface area contributed by atoms with Gasteiger partial charge in [-0.2, -0.15) is 0 Å². The van der Waals surface area contributed by atoms with Crippen LogP contribution in [-0.2, 0) is 9.53 Å². The minimum absolute atomic E-state index is 0.247. The maximum absolute atomic E-state index is 10.9.